The van der Waals surface area contributed by atoms with Crippen LogP contribution in [0.3, 0.4) is 0 Å². The first kappa shape index (κ1) is 16.7. The van der Waals surface area contributed by atoms with Crippen LogP contribution in [0, 0.1) is 0 Å². The molecule has 4 nitrogen and oxygen atoms in total. The minimum atomic E-state index is -4.26. The summed E-state index contributed by atoms with van der Waals surface area (Å²) in [5.41, 5.74) is 0.888. The predicted octanol–water partition coefficient (Wildman–Crippen LogP) is 4.93. The summed E-state index contributed by atoms with van der Waals surface area (Å²) in [6, 6.07) is 4.83. The first-order valence-corrected chi connectivity index (χ1v) is 7.59. The van der Waals surface area contributed by atoms with Gasteiger partial charge in [-0.25, -0.2) is 9.97 Å². The third kappa shape index (κ3) is 3.67. The number of Topliss-reactive ketones (excluding diaryl/α,β-unsaturated/α-hetero) is 1. The van der Waals surface area contributed by atoms with E-state index < -0.39 is 18.5 Å². The van der Waals surface area contributed by atoms with Crippen LogP contribution in [0.4, 0.5) is 13.2 Å². The van der Waals surface area contributed by atoms with E-state index in [2.05, 4.69) is 9.97 Å². The molecule has 1 heterocycles. The van der Waals surface area contributed by atoms with E-state index in [1.54, 1.807) is 18.2 Å². The van der Waals surface area contributed by atoms with E-state index in [0.29, 0.717) is 21.9 Å². The summed E-state index contributed by atoms with van der Waals surface area (Å²) < 4.78 is 43.1. The Balaban J connectivity index is 1.89. The first-order valence-electron chi connectivity index (χ1n) is 7.22. The zero-order chi connectivity index (χ0) is 17.3. The topological polar surface area (TPSA) is 52.1 Å². The molecule has 0 bridgehead atoms. The smallest absolute Gasteiger partial charge is 0.389 e. The van der Waals surface area contributed by atoms with E-state index in [1.807, 2.05) is 0 Å². The molecular formula is C16H12ClF3N2O2. The molecule has 1 atom stereocenters. The van der Waals surface area contributed by atoms with Crippen molar-refractivity contribution in [3.63, 3.8) is 0 Å². The Morgan fingerprint density at radius 3 is 2.62 bits per heavy atom. The summed E-state index contributed by atoms with van der Waals surface area (Å²) in [7, 11) is 0. The minimum absolute atomic E-state index is 0.0155. The number of aromatic nitrogens is 2. The predicted molar refractivity (Wildman–Crippen MR) is 80.5 cm³/mol. The lowest BCUT2D eigenvalue weighted by molar-refractivity contribution is -0.136. The van der Waals surface area contributed by atoms with Gasteiger partial charge in [-0.3, -0.25) is 4.79 Å². The molecule has 1 aliphatic carbocycles. The van der Waals surface area contributed by atoms with E-state index in [1.165, 1.54) is 12.4 Å². The lowest BCUT2D eigenvalue weighted by Gasteiger charge is -2.15. The third-order valence-electron chi connectivity index (χ3n) is 3.78. The number of carbonyl (C=O) groups is 1. The molecule has 0 N–H and O–H groups in total. The van der Waals surface area contributed by atoms with E-state index in [-0.39, 0.29) is 24.6 Å². The summed E-state index contributed by atoms with van der Waals surface area (Å²) in [5.74, 6) is -0.412. The van der Waals surface area contributed by atoms with Gasteiger partial charge in [-0.15, -0.1) is 0 Å². The van der Waals surface area contributed by atoms with Crippen LogP contribution in [-0.4, -0.2) is 21.9 Å². The molecule has 0 aliphatic heterocycles. The maximum Gasteiger partial charge on any atom is 0.389 e. The Kier molecular flexibility index (Phi) is 4.45. The Labute approximate surface area is 140 Å². The molecule has 0 amide bonds. The Bertz CT molecular complexity index is 763. The van der Waals surface area contributed by atoms with Crippen LogP contribution >= 0.6 is 11.6 Å². The fourth-order valence-electron chi connectivity index (χ4n) is 2.77. The molecule has 0 radical (unpaired) electrons. The summed E-state index contributed by atoms with van der Waals surface area (Å²) in [4.78, 5) is 19.9. The van der Waals surface area contributed by atoms with Gasteiger partial charge >= 0.3 is 12.2 Å². The maximum absolute atomic E-state index is 12.5. The molecule has 3 rings (SSSR count). The van der Waals surface area contributed by atoms with Gasteiger partial charge in [0.1, 0.15) is 5.75 Å². The third-order valence-corrected chi connectivity index (χ3v) is 3.98. The van der Waals surface area contributed by atoms with Gasteiger partial charge < -0.3 is 4.74 Å². The highest BCUT2D eigenvalue weighted by Crippen LogP contribution is 2.44. The number of carbonyl (C=O) groups excluding carboxylic acids is 1. The fourth-order valence-corrected chi connectivity index (χ4v) is 2.87. The lowest BCUT2D eigenvalue weighted by Crippen LogP contribution is -2.09. The van der Waals surface area contributed by atoms with Crippen molar-refractivity contribution in [2.45, 2.75) is 31.4 Å². The number of fused-ring (bicyclic) bond motifs is 1. The van der Waals surface area contributed by atoms with Crippen LogP contribution in [0.1, 0.15) is 41.1 Å². The quantitative estimate of drug-likeness (QED) is 0.779. The number of hydrogen-bond acceptors (Lipinski definition) is 4. The van der Waals surface area contributed by atoms with Gasteiger partial charge in [0, 0.05) is 24.0 Å². The largest absolute Gasteiger partial charge is 0.424 e. The van der Waals surface area contributed by atoms with Crippen molar-refractivity contribution < 1.29 is 22.7 Å². The van der Waals surface area contributed by atoms with Crippen LogP contribution < -0.4 is 4.74 Å². The summed E-state index contributed by atoms with van der Waals surface area (Å²) >= 11 is 5.70. The Hall–Kier alpha value is -2.15. The summed E-state index contributed by atoms with van der Waals surface area (Å²) in [6.07, 6.45) is -2.63. The van der Waals surface area contributed by atoms with Crippen molar-refractivity contribution in [1.29, 1.82) is 0 Å². The van der Waals surface area contributed by atoms with E-state index in [0.717, 1.165) is 0 Å². The molecule has 24 heavy (non-hydrogen) atoms. The van der Waals surface area contributed by atoms with Gasteiger partial charge in [0.05, 0.1) is 17.4 Å². The molecule has 126 valence electrons. The van der Waals surface area contributed by atoms with Crippen LogP contribution in [0.15, 0.2) is 30.6 Å². The van der Waals surface area contributed by atoms with Gasteiger partial charge in [0.15, 0.2) is 5.78 Å². The molecule has 1 aromatic carbocycles. The molecule has 0 spiro atoms. The number of ether oxygens (including phenoxy) is 1. The Morgan fingerprint density at radius 1 is 1.25 bits per heavy atom. The molecule has 1 aliphatic rings. The van der Waals surface area contributed by atoms with Crippen LogP contribution in [0.2, 0.25) is 5.02 Å². The second-order valence-corrected chi connectivity index (χ2v) is 5.92. The standard InChI is InChI=1S/C16H12ClF3N2O2/c17-10-7-21-15(22-8-10)24-13-3-1-2-11-12(23)6-9(14(11)13)4-5-16(18,19)20/h1-3,7-9H,4-6H2. The van der Waals surface area contributed by atoms with Crippen molar-refractivity contribution >= 4 is 17.4 Å². The number of rotatable bonds is 4. The van der Waals surface area contributed by atoms with E-state index in [9.17, 15) is 18.0 Å². The molecule has 1 aromatic heterocycles. The van der Waals surface area contributed by atoms with Crippen LogP contribution in [0.25, 0.3) is 0 Å². The molecule has 0 fully saturated rings. The SMILES string of the molecule is O=C1CC(CCC(F)(F)F)c2c(Oc3ncc(Cl)cn3)cccc21. The van der Waals surface area contributed by atoms with E-state index >= 15 is 0 Å². The van der Waals surface area contributed by atoms with Crippen molar-refractivity contribution in [1.82, 2.24) is 9.97 Å². The molecule has 1 unspecified atom stereocenters. The zero-order valence-electron chi connectivity index (χ0n) is 12.3. The van der Waals surface area contributed by atoms with Gasteiger partial charge in [0.2, 0.25) is 0 Å². The van der Waals surface area contributed by atoms with Crippen molar-refractivity contribution in [3.05, 3.63) is 46.7 Å². The number of alkyl halides is 3. The summed E-state index contributed by atoms with van der Waals surface area (Å²) in [5, 5.41) is 0.332. The van der Waals surface area contributed by atoms with Crippen molar-refractivity contribution in [2.24, 2.45) is 0 Å². The highest BCUT2D eigenvalue weighted by molar-refractivity contribution is 6.30. The molecule has 0 saturated heterocycles. The van der Waals surface area contributed by atoms with Gasteiger partial charge in [-0.05, 0) is 18.4 Å². The average Bonchev–Trinajstić information content (AvgIpc) is 2.85. The van der Waals surface area contributed by atoms with E-state index in [4.69, 9.17) is 16.3 Å². The summed E-state index contributed by atoms with van der Waals surface area (Å²) in [6.45, 7) is 0. The number of ketones is 1. The molecular weight excluding hydrogens is 345 g/mol. The second kappa shape index (κ2) is 6.39. The van der Waals surface area contributed by atoms with Crippen molar-refractivity contribution in [2.75, 3.05) is 0 Å². The van der Waals surface area contributed by atoms with Gasteiger partial charge in [0.25, 0.3) is 0 Å². The lowest BCUT2D eigenvalue weighted by atomic mass is 9.95. The average molecular weight is 357 g/mol. The van der Waals surface area contributed by atoms with Crippen LogP contribution in [0.5, 0.6) is 11.8 Å². The molecule has 8 heteroatoms. The highest BCUT2D eigenvalue weighted by atomic mass is 35.5. The highest BCUT2D eigenvalue weighted by Gasteiger charge is 2.36. The van der Waals surface area contributed by atoms with Crippen LogP contribution in [-0.2, 0) is 0 Å². The fraction of sp³-hybridized carbons (Fsp3) is 0.312. The van der Waals surface area contributed by atoms with Gasteiger partial charge in [-0.2, -0.15) is 13.2 Å². The zero-order valence-corrected chi connectivity index (χ0v) is 13.1. The number of nitrogens with zero attached hydrogens (tertiary/aromatic N) is 2. The maximum atomic E-state index is 12.5. The molecule has 2 aromatic rings. The van der Waals surface area contributed by atoms with Gasteiger partial charge in [-0.1, -0.05) is 23.7 Å². The van der Waals surface area contributed by atoms with Crippen molar-refractivity contribution in [3.8, 4) is 11.8 Å². The number of hydrogen-bond donors (Lipinski definition) is 0. The first-order chi connectivity index (χ1) is 11.3. The Morgan fingerprint density at radius 2 is 1.96 bits per heavy atom. The normalized spacial score (nSPS) is 17.0. The number of halogens is 4. The molecule has 0 saturated carbocycles. The monoisotopic (exact) mass is 356 g/mol. The minimum Gasteiger partial charge on any atom is -0.424 e. The second-order valence-electron chi connectivity index (χ2n) is 5.48. The number of benzene rings is 1.